The molecule has 1 N–H and O–H groups in total. The number of hydrogen-bond acceptors (Lipinski definition) is 4. The summed E-state index contributed by atoms with van der Waals surface area (Å²) in [5, 5.41) is 9.46. The number of carbonyl (C=O) groups is 1. The molecule has 100 valence electrons. The standard InChI is InChI=1S/C13H15N3O2S/c1-10-8-16(13(15-10)19-9-12(17)18)7-5-11-4-2-3-6-14-11/h2-4,6,8H,5,7,9H2,1H3,(H,17,18). The number of carboxylic acids is 1. The number of carboxylic acid groups (broad SMARTS) is 1. The largest absolute Gasteiger partial charge is 0.481 e. The van der Waals surface area contributed by atoms with Gasteiger partial charge in [-0.3, -0.25) is 9.78 Å². The zero-order valence-electron chi connectivity index (χ0n) is 10.6. The van der Waals surface area contributed by atoms with Gasteiger partial charge < -0.3 is 9.67 Å². The molecule has 0 aliphatic rings. The Morgan fingerprint density at radius 2 is 2.32 bits per heavy atom. The van der Waals surface area contributed by atoms with Crippen LogP contribution in [0.15, 0.2) is 35.7 Å². The van der Waals surface area contributed by atoms with Gasteiger partial charge in [-0.15, -0.1) is 0 Å². The molecule has 2 aromatic rings. The third-order valence-electron chi connectivity index (χ3n) is 2.52. The van der Waals surface area contributed by atoms with E-state index in [1.54, 1.807) is 6.20 Å². The first-order chi connectivity index (χ1) is 9.15. The number of aromatic nitrogens is 3. The highest BCUT2D eigenvalue weighted by Gasteiger charge is 2.08. The van der Waals surface area contributed by atoms with E-state index in [1.807, 2.05) is 35.9 Å². The van der Waals surface area contributed by atoms with Crippen molar-refractivity contribution in [2.24, 2.45) is 0 Å². The minimum absolute atomic E-state index is 0.0278. The molecule has 0 spiro atoms. The lowest BCUT2D eigenvalue weighted by molar-refractivity contribution is -0.133. The number of hydrogen-bond donors (Lipinski definition) is 1. The van der Waals surface area contributed by atoms with E-state index in [1.165, 1.54) is 11.8 Å². The summed E-state index contributed by atoms with van der Waals surface area (Å²) in [7, 11) is 0. The number of thioether (sulfide) groups is 1. The van der Waals surface area contributed by atoms with Gasteiger partial charge in [0.2, 0.25) is 0 Å². The second-order valence-corrected chi connectivity index (χ2v) is 5.05. The average Bonchev–Trinajstić information content (AvgIpc) is 2.75. The van der Waals surface area contributed by atoms with Gasteiger partial charge in [0.05, 0.1) is 11.4 Å². The number of nitrogens with zero attached hydrogens (tertiary/aromatic N) is 3. The maximum Gasteiger partial charge on any atom is 0.313 e. The van der Waals surface area contributed by atoms with Crippen LogP contribution in [0, 0.1) is 6.92 Å². The molecule has 2 rings (SSSR count). The van der Waals surface area contributed by atoms with Gasteiger partial charge >= 0.3 is 5.97 Å². The van der Waals surface area contributed by atoms with Crippen molar-refractivity contribution in [3.8, 4) is 0 Å². The van der Waals surface area contributed by atoms with Crippen LogP contribution in [0.2, 0.25) is 0 Å². The van der Waals surface area contributed by atoms with E-state index < -0.39 is 5.97 Å². The topological polar surface area (TPSA) is 68.0 Å². The van der Waals surface area contributed by atoms with Gasteiger partial charge in [-0.2, -0.15) is 0 Å². The molecule has 0 atom stereocenters. The first kappa shape index (κ1) is 13.6. The fraction of sp³-hybridized carbons (Fsp3) is 0.308. The summed E-state index contributed by atoms with van der Waals surface area (Å²) in [6.07, 6.45) is 4.51. The highest BCUT2D eigenvalue weighted by atomic mass is 32.2. The summed E-state index contributed by atoms with van der Waals surface area (Å²) in [6, 6.07) is 5.83. The molecule has 0 fully saturated rings. The van der Waals surface area contributed by atoms with E-state index in [9.17, 15) is 4.79 Å². The van der Waals surface area contributed by atoms with Crippen LogP contribution >= 0.6 is 11.8 Å². The summed E-state index contributed by atoms with van der Waals surface area (Å²) in [6.45, 7) is 2.65. The van der Waals surface area contributed by atoms with Gasteiger partial charge in [-0.25, -0.2) is 4.98 Å². The number of pyridine rings is 1. The van der Waals surface area contributed by atoms with Crippen LogP contribution in [0.5, 0.6) is 0 Å². The van der Waals surface area contributed by atoms with Crippen LogP contribution in [-0.4, -0.2) is 31.4 Å². The molecule has 0 aliphatic heterocycles. The van der Waals surface area contributed by atoms with Crippen LogP contribution < -0.4 is 0 Å². The first-order valence-electron chi connectivity index (χ1n) is 5.93. The average molecular weight is 277 g/mol. The van der Waals surface area contributed by atoms with Gasteiger partial charge in [-0.1, -0.05) is 17.8 Å². The van der Waals surface area contributed by atoms with E-state index in [-0.39, 0.29) is 5.75 Å². The minimum Gasteiger partial charge on any atom is -0.481 e. The Hall–Kier alpha value is -1.82. The monoisotopic (exact) mass is 277 g/mol. The van der Waals surface area contributed by atoms with Crippen molar-refractivity contribution < 1.29 is 9.90 Å². The molecule has 5 nitrogen and oxygen atoms in total. The van der Waals surface area contributed by atoms with Crippen molar-refractivity contribution in [1.82, 2.24) is 14.5 Å². The number of rotatable bonds is 6. The Morgan fingerprint density at radius 1 is 1.47 bits per heavy atom. The van der Waals surface area contributed by atoms with Crippen LogP contribution in [0.4, 0.5) is 0 Å². The van der Waals surface area contributed by atoms with E-state index >= 15 is 0 Å². The van der Waals surface area contributed by atoms with Gasteiger partial charge in [0, 0.05) is 31.1 Å². The van der Waals surface area contributed by atoms with Gasteiger partial charge in [0.15, 0.2) is 5.16 Å². The molecule has 2 heterocycles. The van der Waals surface area contributed by atoms with Crippen LogP contribution in [-0.2, 0) is 17.8 Å². The predicted octanol–water partition coefficient (Wildman–Crippen LogP) is 2.01. The lowest BCUT2D eigenvalue weighted by Crippen LogP contribution is -2.05. The van der Waals surface area contributed by atoms with Crippen molar-refractivity contribution in [1.29, 1.82) is 0 Å². The molecule has 0 aromatic carbocycles. The minimum atomic E-state index is -0.832. The zero-order valence-corrected chi connectivity index (χ0v) is 11.4. The van der Waals surface area contributed by atoms with Crippen LogP contribution in [0.25, 0.3) is 0 Å². The Morgan fingerprint density at radius 3 is 3.00 bits per heavy atom. The van der Waals surface area contributed by atoms with Crippen molar-refractivity contribution in [3.63, 3.8) is 0 Å². The van der Waals surface area contributed by atoms with Crippen LogP contribution in [0.3, 0.4) is 0 Å². The lowest BCUT2D eigenvalue weighted by Gasteiger charge is -2.06. The van der Waals surface area contributed by atoms with E-state index in [2.05, 4.69) is 9.97 Å². The highest BCUT2D eigenvalue weighted by molar-refractivity contribution is 7.99. The van der Waals surface area contributed by atoms with E-state index in [4.69, 9.17) is 5.11 Å². The molecule has 0 saturated carbocycles. The molecule has 0 unspecified atom stereocenters. The predicted molar refractivity (Wildman–Crippen MR) is 73.3 cm³/mol. The van der Waals surface area contributed by atoms with Gasteiger partial charge in [0.25, 0.3) is 0 Å². The normalized spacial score (nSPS) is 10.6. The van der Waals surface area contributed by atoms with Crippen molar-refractivity contribution in [3.05, 3.63) is 42.0 Å². The molecule has 0 aliphatic carbocycles. The van der Waals surface area contributed by atoms with Crippen molar-refractivity contribution in [2.45, 2.75) is 25.0 Å². The van der Waals surface area contributed by atoms with E-state index in [0.717, 1.165) is 29.5 Å². The second kappa shape index (κ2) is 6.38. The molecule has 0 amide bonds. The zero-order chi connectivity index (χ0) is 13.7. The highest BCUT2D eigenvalue weighted by Crippen LogP contribution is 2.17. The lowest BCUT2D eigenvalue weighted by atomic mass is 10.3. The maximum atomic E-state index is 10.6. The Labute approximate surface area is 115 Å². The maximum absolute atomic E-state index is 10.6. The third-order valence-corrected chi connectivity index (χ3v) is 3.50. The fourth-order valence-electron chi connectivity index (χ4n) is 1.71. The SMILES string of the molecule is Cc1cn(CCc2ccccn2)c(SCC(=O)O)n1. The molecule has 0 bridgehead atoms. The number of imidazole rings is 1. The third kappa shape index (κ3) is 4.10. The summed E-state index contributed by atoms with van der Waals surface area (Å²) < 4.78 is 1.98. The van der Waals surface area contributed by atoms with Crippen molar-refractivity contribution in [2.75, 3.05) is 5.75 Å². The molecule has 19 heavy (non-hydrogen) atoms. The molecule has 6 heteroatoms. The summed E-state index contributed by atoms with van der Waals surface area (Å²) in [4.78, 5) is 19.2. The molecule has 0 saturated heterocycles. The Kier molecular flexibility index (Phi) is 4.57. The smallest absolute Gasteiger partial charge is 0.313 e. The Balaban J connectivity index is 2.01. The summed E-state index contributed by atoms with van der Waals surface area (Å²) in [5.74, 6) is -0.804. The quantitative estimate of drug-likeness (QED) is 0.818. The van der Waals surface area contributed by atoms with Crippen molar-refractivity contribution >= 4 is 17.7 Å². The second-order valence-electron chi connectivity index (χ2n) is 4.11. The van der Waals surface area contributed by atoms with Gasteiger partial charge in [0.1, 0.15) is 0 Å². The Bertz CT molecular complexity index is 554. The number of aliphatic carboxylic acids is 1. The first-order valence-corrected chi connectivity index (χ1v) is 6.92. The van der Waals surface area contributed by atoms with E-state index in [0.29, 0.717) is 0 Å². The summed E-state index contributed by atoms with van der Waals surface area (Å²) >= 11 is 1.24. The van der Waals surface area contributed by atoms with Gasteiger partial charge in [-0.05, 0) is 19.1 Å². The molecule has 0 radical (unpaired) electrons. The van der Waals surface area contributed by atoms with Crippen LogP contribution in [0.1, 0.15) is 11.4 Å². The molecular weight excluding hydrogens is 262 g/mol. The fourth-order valence-corrected chi connectivity index (χ4v) is 2.48. The molecular formula is C13H15N3O2S. The number of aryl methyl sites for hydroxylation is 3. The molecule has 2 aromatic heterocycles. The summed E-state index contributed by atoms with van der Waals surface area (Å²) in [5.41, 5.74) is 1.91.